The number of piperidine rings is 1. The molecule has 2 fully saturated rings. The van der Waals surface area contributed by atoms with Crippen molar-refractivity contribution >= 4 is 23.6 Å². The molecule has 0 aliphatic carbocycles. The van der Waals surface area contributed by atoms with Crippen molar-refractivity contribution < 1.29 is 19.2 Å². The minimum atomic E-state index is -0.924. The van der Waals surface area contributed by atoms with Crippen LogP contribution in [0.1, 0.15) is 45.5 Å². The quantitative estimate of drug-likeness (QED) is 0.677. The number of fused-ring (bicyclic) bond motifs is 1. The number of nitrogens with zero attached hydrogens (tertiary/aromatic N) is 2. The summed E-state index contributed by atoms with van der Waals surface area (Å²) in [5.41, 5.74) is 1.62. The van der Waals surface area contributed by atoms with Gasteiger partial charge in [0.15, 0.2) is 0 Å². The van der Waals surface area contributed by atoms with E-state index in [-0.39, 0.29) is 18.7 Å². The molecule has 3 aliphatic heterocycles. The molecule has 4 amide bonds. The van der Waals surface area contributed by atoms with Gasteiger partial charge in [-0.1, -0.05) is 6.07 Å². The van der Waals surface area contributed by atoms with E-state index < -0.39 is 23.8 Å². The Morgan fingerprint density at radius 1 is 1.11 bits per heavy atom. The second kappa shape index (κ2) is 7.44. The Bertz CT molecular complexity index is 849. The molecule has 3 heterocycles. The third-order valence-corrected chi connectivity index (χ3v) is 5.74. The van der Waals surface area contributed by atoms with Gasteiger partial charge in [-0.2, -0.15) is 0 Å². The highest BCUT2D eigenvalue weighted by molar-refractivity contribution is 6.23. The Balaban J connectivity index is 1.46. The van der Waals surface area contributed by atoms with Crippen LogP contribution in [0.3, 0.4) is 0 Å². The minimum Gasteiger partial charge on any atom is -0.316 e. The van der Waals surface area contributed by atoms with Gasteiger partial charge in [0.05, 0.1) is 11.1 Å². The Labute approximate surface area is 163 Å². The van der Waals surface area contributed by atoms with Crippen LogP contribution in [0.15, 0.2) is 18.2 Å². The van der Waals surface area contributed by atoms with Crippen molar-refractivity contribution in [1.82, 2.24) is 20.4 Å². The summed E-state index contributed by atoms with van der Waals surface area (Å²) in [6.07, 6.45) is 1.42. The topological polar surface area (TPSA) is 98.8 Å². The van der Waals surface area contributed by atoms with E-state index in [1.807, 2.05) is 13.1 Å². The first-order valence-corrected chi connectivity index (χ1v) is 9.68. The number of rotatable bonds is 6. The van der Waals surface area contributed by atoms with Crippen LogP contribution in [-0.2, 0) is 16.1 Å². The predicted octanol–water partition coefficient (Wildman–Crippen LogP) is 0.129. The van der Waals surface area contributed by atoms with Crippen molar-refractivity contribution in [3.05, 3.63) is 34.9 Å². The first-order valence-electron chi connectivity index (χ1n) is 9.68. The van der Waals surface area contributed by atoms with Gasteiger partial charge in [-0.3, -0.25) is 29.4 Å². The number of hydrogen-bond donors (Lipinski definition) is 2. The molecule has 2 N–H and O–H groups in total. The van der Waals surface area contributed by atoms with Crippen LogP contribution in [0.2, 0.25) is 0 Å². The van der Waals surface area contributed by atoms with Crippen LogP contribution in [0.5, 0.6) is 0 Å². The maximum absolute atomic E-state index is 12.9. The fourth-order valence-corrected chi connectivity index (χ4v) is 3.96. The lowest BCUT2D eigenvalue weighted by Gasteiger charge is -2.29. The average Bonchev–Trinajstić information content (AvgIpc) is 2.85. The molecule has 148 valence electrons. The van der Waals surface area contributed by atoms with Gasteiger partial charge >= 0.3 is 0 Å². The zero-order valence-electron chi connectivity index (χ0n) is 15.9. The summed E-state index contributed by atoms with van der Waals surface area (Å²) in [5, 5.41) is 5.48. The van der Waals surface area contributed by atoms with Gasteiger partial charge in [-0.25, -0.2) is 0 Å². The standard InChI is InChI=1S/C20H24N4O4/c1-23(7-6-13-9-21-10-13)11-12-2-3-14-15(8-12)20(28)24(19(14)27)16-4-5-17(25)22-18(16)26/h2-3,8,13,16,21H,4-7,9-11H2,1H3,(H,22,25,26). The average molecular weight is 384 g/mol. The van der Waals surface area contributed by atoms with Crippen LogP contribution < -0.4 is 10.6 Å². The second-order valence-corrected chi connectivity index (χ2v) is 7.88. The molecule has 0 bridgehead atoms. The molecule has 1 atom stereocenters. The molecular formula is C20H24N4O4. The zero-order valence-corrected chi connectivity index (χ0v) is 15.9. The normalized spacial score (nSPS) is 22.5. The Kier molecular flexibility index (Phi) is 4.99. The lowest BCUT2D eigenvalue weighted by Crippen LogP contribution is -2.54. The zero-order chi connectivity index (χ0) is 19.8. The summed E-state index contributed by atoms with van der Waals surface area (Å²) < 4.78 is 0. The third-order valence-electron chi connectivity index (χ3n) is 5.74. The lowest BCUT2D eigenvalue weighted by atomic mass is 9.99. The number of carbonyl (C=O) groups excluding carboxylic acids is 4. The molecule has 28 heavy (non-hydrogen) atoms. The summed E-state index contributed by atoms with van der Waals surface area (Å²) in [6.45, 7) is 3.82. The van der Waals surface area contributed by atoms with E-state index in [2.05, 4.69) is 15.5 Å². The molecule has 3 aliphatic rings. The van der Waals surface area contributed by atoms with Crippen molar-refractivity contribution in [2.45, 2.75) is 31.8 Å². The number of imide groups is 2. The Morgan fingerprint density at radius 3 is 2.54 bits per heavy atom. The van der Waals surface area contributed by atoms with E-state index in [1.54, 1.807) is 12.1 Å². The van der Waals surface area contributed by atoms with Gasteiger partial charge in [0.25, 0.3) is 11.8 Å². The molecule has 1 unspecified atom stereocenters. The van der Waals surface area contributed by atoms with Crippen LogP contribution >= 0.6 is 0 Å². The molecular weight excluding hydrogens is 360 g/mol. The molecule has 4 rings (SSSR count). The molecule has 1 aromatic rings. The summed E-state index contributed by atoms with van der Waals surface area (Å²) >= 11 is 0. The van der Waals surface area contributed by atoms with Gasteiger partial charge < -0.3 is 10.2 Å². The SMILES string of the molecule is CN(CCC1CNC1)Cc1ccc2c(c1)C(=O)N(C1CCC(=O)NC1=O)C2=O. The number of hydrogen-bond acceptors (Lipinski definition) is 6. The van der Waals surface area contributed by atoms with E-state index in [0.29, 0.717) is 17.7 Å². The highest BCUT2D eigenvalue weighted by Gasteiger charge is 2.44. The molecule has 1 aromatic carbocycles. The van der Waals surface area contributed by atoms with Crippen molar-refractivity contribution in [3.8, 4) is 0 Å². The largest absolute Gasteiger partial charge is 0.316 e. The van der Waals surface area contributed by atoms with Gasteiger partial charge in [0.2, 0.25) is 11.8 Å². The number of amides is 4. The maximum atomic E-state index is 12.9. The fourth-order valence-electron chi connectivity index (χ4n) is 3.96. The molecule has 0 aromatic heterocycles. The van der Waals surface area contributed by atoms with Gasteiger partial charge in [0.1, 0.15) is 6.04 Å². The second-order valence-electron chi connectivity index (χ2n) is 7.88. The van der Waals surface area contributed by atoms with Crippen LogP contribution in [0, 0.1) is 5.92 Å². The number of nitrogens with one attached hydrogen (secondary N) is 2. The number of benzene rings is 1. The van der Waals surface area contributed by atoms with E-state index in [4.69, 9.17) is 0 Å². The molecule has 0 saturated carbocycles. The summed E-state index contributed by atoms with van der Waals surface area (Å²) in [6, 6.07) is 4.36. The van der Waals surface area contributed by atoms with E-state index in [0.717, 1.165) is 42.4 Å². The van der Waals surface area contributed by atoms with Gasteiger partial charge in [0, 0.05) is 13.0 Å². The first kappa shape index (κ1) is 18.8. The van der Waals surface area contributed by atoms with Crippen LogP contribution in [-0.4, -0.2) is 66.2 Å². The fraction of sp³-hybridized carbons (Fsp3) is 0.500. The summed E-state index contributed by atoms with van der Waals surface area (Å²) in [7, 11) is 2.04. The van der Waals surface area contributed by atoms with E-state index in [9.17, 15) is 19.2 Å². The molecule has 2 saturated heterocycles. The predicted molar refractivity (Wildman–Crippen MR) is 100 cm³/mol. The molecule has 0 spiro atoms. The summed E-state index contributed by atoms with van der Waals surface area (Å²) in [4.78, 5) is 52.2. The molecule has 8 heteroatoms. The number of carbonyl (C=O) groups is 4. The van der Waals surface area contributed by atoms with Gasteiger partial charge in [-0.15, -0.1) is 0 Å². The van der Waals surface area contributed by atoms with E-state index >= 15 is 0 Å². The van der Waals surface area contributed by atoms with Crippen molar-refractivity contribution in [1.29, 1.82) is 0 Å². The first-order chi connectivity index (χ1) is 13.4. The monoisotopic (exact) mass is 384 g/mol. The lowest BCUT2D eigenvalue weighted by molar-refractivity contribution is -0.136. The third kappa shape index (κ3) is 3.45. The highest BCUT2D eigenvalue weighted by atomic mass is 16.2. The van der Waals surface area contributed by atoms with E-state index in [1.165, 1.54) is 0 Å². The molecule has 8 nitrogen and oxygen atoms in total. The van der Waals surface area contributed by atoms with Crippen LogP contribution in [0.4, 0.5) is 0 Å². The highest BCUT2D eigenvalue weighted by Crippen LogP contribution is 2.28. The van der Waals surface area contributed by atoms with Crippen LogP contribution in [0.25, 0.3) is 0 Å². The smallest absolute Gasteiger partial charge is 0.262 e. The van der Waals surface area contributed by atoms with Crippen molar-refractivity contribution in [3.63, 3.8) is 0 Å². The van der Waals surface area contributed by atoms with Crippen molar-refractivity contribution in [2.24, 2.45) is 5.92 Å². The van der Waals surface area contributed by atoms with Gasteiger partial charge in [-0.05, 0) is 63.1 Å². The molecule has 0 radical (unpaired) electrons. The minimum absolute atomic E-state index is 0.121. The maximum Gasteiger partial charge on any atom is 0.262 e. The Morgan fingerprint density at radius 2 is 1.86 bits per heavy atom. The van der Waals surface area contributed by atoms with Crippen molar-refractivity contribution in [2.75, 3.05) is 26.7 Å². The Hall–Kier alpha value is -2.58. The summed E-state index contributed by atoms with van der Waals surface area (Å²) in [5.74, 6) is -1.15.